The van der Waals surface area contributed by atoms with Crippen LogP contribution >= 0.6 is 0 Å². The number of hydrogen-bond acceptors (Lipinski definition) is 4. The van der Waals surface area contributed by atoms with Crippen molar-refractivity contribution in [2.45, 2.75) is 51.9 Å². The molecule has 154 valence electrons. The predicted molar refractivity (Wildman–Crippen MR) is 117 cm³/mol. The van der Waals surface area contributed by atoms with Crippen molar-refractivity contribution in [1.82, 2.24) is 15.3 Å². The van der Waals surface area contributed by atoms with Crippen LogP contribution < -0.4 is 10.2 Å². The van der Waals surface area contributed by atoms with E-state index in [0.29, 0.717) is 5.92 Å². The zero-order valence-electron chi connectivity index (χ0n) is 17.4. The Morgan fingerprint density at radius 3 is 2.48 bits per heavy atom. The van der Waals surface area contributed by atoms with Crippen molar-refractivity contribution in [3.05, 3.63) is 42.1 Å². The van der Waals surface area contributed by atoms with Gasteiger partial charge in [-0.15, -0.1) is 0 Å². The Labute approximate surface area is 173 Å². The number of amides is 1. The number of benzene rings is 1. The predicted octanol–water partition coefficient (Wildman–Crippen LogP) is 4.36. The van der Waals surface area contributed by atoms with Gasteiger partial charge in [-0.25, -0.2) is 9.97 Å². The fraction of sp³-hybridized carbons (Fsp3) is 0.542. The summed E-state index contributed by atoms with van der Waals surface area (Å²) in [4.78, 5) is 24.3. The summed E-state index contributed by atoms with van der Waals surface area (Å²) in [5, 5.41) is 3.23. The molecule has 4 rings (SSSR count). The minimum absolute atomic E-state index is 0.119. The fourth-order valence-corrected chi connectivity index (χ4v) is 4.57. The van der Waals surface area contributed by atoms with Gasteiger partial charge in [0.15, 0.2) is 0 Å². The number of carbonyl (C=O) groups excluding carboxylic acids is 1. The number of aromatic nitrogens is 2. The summed E-state index contributed by atoms with van der Waals surface area (Å²) < 4.78 is 0. The Balaban J connectivity index is 1.33. The van der Waals surface area contributed by atoms with Crippen LogP contribution in [0, 0.1) is 18.8 Å². The fourth-order valence-electron chi connectivity index (χ4n) is 4.57. The smallest absolute Gasteiger partial charge is 0.226 e. The lowest BCUT2D eigenvalue weighted by molar-refractivity contribution is -0.125. The van der Waals surface area contributed by atoms with Crippen molar-refractivity contribution in [2.75, 3.05) is 24.5 Å². The van der Waals surface area contributed by atoms with E-state index >= 15 is 0 Å². The largest absolute Gasteiger partial charge is 0.356 e. The van der Waals surface area contributed by atoms with E-state index in [-0.39, 0.29) is 11.8 Å². The lowest BCUT2D eigenvalue weighted by atomic mass is 9.89. The van der Waals surface area contributed by atoms with Gasteiger partial charge in [0.05, 0.1) is 5.69 Å². The van der Waals surface area contributed by atoms with Crippen LogP contribution in [-0.2, 0) is 4.79 Å². The number of piperidine rings is 1. The van der Waals surface area contributed by atoms with Crippen LogP contribution in [0.5, 0.6) is 0 Å². The summed E-state index contributed by atoms with van der Waals surface area (Å²) in [5.41, 5.74) is 3.04. The second-order valence-corrected chi connectivity index (χ2v) is 8.57. The van der Waals surface area contributed by atoms with Crippen molar-refractivity contribution in [3.63, 3.8) is 0 Å². The topological polar surface area (TPSA) is 58.1 Å². The van der Waals surface area contributed by atoms with Crippen molar-refractivity contribution >= 4 is 11.9 Å². The first-order valence-electron chi connectivity index (χ1n) is 11.1. The molecule has 0 radical (unpaired) electrons. The maximum Gasteiger partial charge on any atom is 0.226 e. The van der Waals surface area contributed by atoms with Crippen LogP contribution in [0.25, 0.3) is 11.3 Å². The third-order valence-electron chi connectivity index (χ3n) is 6.35. The van der Waals surface area contributed by atoms with E-state index in [1.807, 2.05) is 31.2 Å². The highest BCUT2D eigenvalue weighted by Gasteiger charge is 2.27. The molecule has 29 heavy (non-hydrogen) atoms. The standard InChI is InChI=1S/C24H32N4O/c1-18-16-22(20-10-6-3-7-11-20)27-24(26-18)28-14-12-21(13-15-28)23(29)25-17-19-8-4-2-5-9-19/h3,6-7,10-11,16,19,21H,2,4-5,8-9,12-15,17H2,1H3,(H,25,29). The molecule has 0 atom stereocenters. The van der Waals surface area contributed by atoms with Gasteiger partial charge in [-0.3, -0.25) is 4.79 Å². The highest BCUT2D eigenvalue weighted by Crippen LogP contribution is 2.26. The van der Waals surface area contributed by atoms with E-state index < -0.39 is 0 Å². The number of nitrogens with one attached hydrogen (secondary N) is 1. The van der Waals surface area contributed by atoms with Crippen LogP contribution in [0.3, 0.4) is 0 Å². The van der Waals surface area contributed by atoms with E-state index in [9.17, 15) is 4.79 Å². The number of rotatable bonds is 5. The Morgan fingerprint density at radius 1 is 1.03 bits per heavy atom. The molecule has 1 aromatic heterocycles. The molecule has 2 aliphatic rings. The average molecular weight is 393 g/mol. The average Bonchev–Trinajstić information content (AvgIpc) is 2.78. The first kappa shape index (κ1) is 19.9. The molecule has 5 nitrogen and oxygen atoms in total. The molecule has 1 saturated heterocycles. The van der Waals surface area contributed by atoms with Crippen LogP contribution in [0.1, 0.15) is 50.6 Å². The molecule has 0 spiro atoms. The minimum atomic E-state index is 0.119. The van der Waals surface area contributed by atoms with Gasteiger partial charge in [-0.2, -0.15) is 0 Å². The lowest BCUT2D eigenvalue weighted by Crippen LogP contribution is -2.42. The Kier molecular flexibility index (Phi) is 6.43. The van der Waals surface area contributed by atoms with Crippen LogP contribution in [0.2, 0.25) is 0 Å². The maximum absolute atomic E-state index is 12.6. The molecule has 1 aliphatic heterocycles. The van der Waals surface area contributed by atoms with Gasteiger partial charge >= 0.3 is 0 Å². The quantitative estimate of drug-likeness (QED) is 0.821. The van der Waals surface area contributed by atoms with Gasteiger partial charge in [-0.1, -0.05) is 49.6 Å². The number of carbonyl (C=O) groups is 1. The molecule has 1 aromatic carbocycles. The maximum atomic E-state index is 12.6. The molecule has 1 amide bonds. The molecular formula is C24H32N4O. The van der Waals surface area contributed by atoms with Gasteiger partial charge in [-0.05, 0) is 44.6 Å². The molecule has 2 heterocycles. The number of aryl methyl sites for hydroxylation is 1. The van der Waals surface area contributed by atoms with E-state index in [4.69, 9.17) is 4.98 Å². The van der Waals surface area contributed by atoms with E-state index in [1.165, 1.54) is 32.1 Å². The Hall–Kier alpha value is -2.43. The Bertz CT molecular complexity index is 809. The zero-order chi connectivity index (χ0) is 20.1. The SMILES string of the molecule is Cc1cc(-c2ccccc2)nc(N2CCC(C(=O)NCC3CCCCC3)CC2)n1. The molecule has 1 N–H and O–H groups in total. The minimum Gasteiger partial charge on any atom is -0.356 e. The van der Waals surface area contributed by atoms with Crippen molar-refractivity contribution in [1.29, 1.82) is 0 Å². The van der Waals surface area contributed by atoms with Crippen LogP contribution in [0.4, 0.5) is 5.95 Å². The van der Waals surface area contributed by atoms with Gasteiger partial charge in [0.1, 0.15) is 0 Å². The molecule has 1 saturated carbocycles. The number of nitrogens with zero attached hydrogens (tertiary/aromatic N) is 3. The van der Waals surface area contributed by atoms with E-state index in [2.05, 4.69) is 27.3 Å². The van der Waals surface area contributed by atoms with Crippen LogP contribution in [0.15, 0.2) is 36.4 Å². The number of hydrogen-bond donors (Lipinski definition) is 1. The molecule has 2 fully saturated rings. The van der Waals surface area contributed by atoms with E-state index in [0.717, 1.165) is 55.4 Å². The summed E-state index contributed by atoms with van der Waals surface area (Å²) in [6.07, 6.45) is 8.28. The Morgan fingerprint density at radius 2 is 1.76 bits per heavy atom. The van der Waals surface area contributed by atoms with Crippen LogP contribution in [-0.4, -0.2) is 35.5 Å². The number of anilines is 1. The second kappa shape index (κ2) is 9.38. The first-order chi connectivity index (χ1) is 14.2. The summed E-state index contributed by atoms with van der Waals surface area (Å²) in [6.45, 7) is 4.54. The first-order valence-corrected chi connectivity index (χ1v) is 11.1. The molecule has 0 unspecified atom stereocenters. The summed E-state index contributed by atoms with van der Waals surface area (Å²) in [6, 6.07) is 12.3. The molecule has 5 heteroatoms. The molecular weight excluding hydrogens is 360 g/mol. The third-order valence-corrected chi connectivity index (χ3v) is 6.35. The molecule has 1 aliphatic carbocycles. The molecule has 2 aromatic rings. The summed E-state index contributed by atoms with van der Waals surface area (Å²) in [7, 11) is 0. The second-order valence-electron chi connectivity index (χ2n) is 8.57. The van der Waals surface area contributed by atoms with Gasteiger partial charge in [0, 0.05) is 36.8 Å². The lowest BCUT2D eigenvalue weighted by Gasteiger charge is -2.32. The third kappa shape index (κ3) is 5.14. The van der Waals surface area contributed by atoms with Gasteiger partial charge in [0.25, 0.3) is 0 Å². The monoisotopic (exact) mass is 392 g/mol. The summed E-state index contributed by atoms with van der Waals surface area (Å²) in [5.74, 6) is 1.83. The van der Waals surface area contributed by atoms with Crippen molar-refractivity contribution < 1.29 is 4.79 Å². The zero-order valence-corrected chi connectivity index (χ0v) is 17.4. The normalized spacial score (nSPS) is 18.6. The van der Waals surface area contributed by atoms with E-state index in [1.54, 1.807) is 0 Å². The van der Waals surface area contributed by atoms with Gasteiger partial charge < -0.3 is 10.2 Å². The van der Waals surface area contributed by atoms with Crippen molar-refractivity contribution in [3.8, 4) is 11.3 Å². The van der Waals surface area contributed by atoms with Gasteiger partial charge in [0.2, 0.25) is 11.9 Å². The summed E-state index contributed by atoms with van der Waals surface area (Å²) >= 11 is 0. The highest BCUT2D eigenvalue weighted by atomic mass is 16.1. The molecule has 0 bridgehead atoms. The highest BCUT2D eigenvalue weighted by molar-refractivity contribution is 5.79. The van der Waals surface area contributed by atoms with Crippen molar-refractivity contribution in [2.24, 2.45) is 11.8 Å².